The van der Waals surface area contributed by atoms with Gasteiger partial charge >= 0.3 is 0 Å². The van der Waals surface area contributed by atoms with Crippen LogP contribution in [0, 0.1) is 5.92 Å². The van der Waals surface area contributed by atoms with Crippen molar-refractivity contribution in [1.82, 2.24) is 10.3 Å². The maximum Gasteiger partial charge on any atom is 0.213 e. The number of hydrogen-bond acceptors (Lipinski definition) is 5. The third-order valence-electron chi connectivity index (χ3n) is 4.33. The Hall–Kier alpha value is -1.69. The van der Waals surface area contributed by atoms with Crippen molar-refractivity contribution in [2.45, 2.75) is 52.7 Å². The van der Waals surface area contributed by atoms with E-state index in [1.807, 2.05) is 25.3 Å². The van der Waals surface area contributed by atoms with E-state index in [0.717, 1.165) is 12.7 Å². The van der Waals surface area contributed by atoms with E-state index in [2.05, 4.69) is 54.7 Å². The summed E-state index contributed by atoms with van der Waals surface area (Å²) in [5, 5.41) is 7.39. The number of rotatable bonds is 8. The van der Waals surface area contributed by atoms with Crippen LogP contribution in [0.4, 0.5) is 0 Å². The van der Waals surface area contributed by atoms with Gasteiger partial charge in [0.25, 0.3) is 0 Å². The molecule has 0 aliphatic rings. The van der Waals surface area contributed by atoms with Crippen molar-refractivity contribution < 1.29 is 9.53 Å². The van der Waals surface area contributed by atoms with Crippen LogP contribution in [-0.2, 0) is 4.79 Å². The molecule has 0 fully saturated rings. The van der Waals surface area contributed by atoms with Gasteiger partial charge in [-0.1, -0.05) is 44.5 Å². The minimum Gasteiger partial charge on any atom is -0.467 e. The molecule has 3 atom stereocenters. The van der Waals surface area contributed by atoms with Gasteiger partial charge in [-0.3, -0.25) is 4.79 Å². The second-order valence-corrected chi connectivity index (χ2v) is 7.86. The Morgan fingerprint density at radius 3 is 2.57 bits per heavy atom. The van der Waals surface area contributed by atoms with Gasteiger partial charge in [0.15, 0.2) is 12.4 Å². The fourth-order valence-corrected chi connectivity index (χ4v) is 3.31. The average Bonchev–Trinajstić information content (AvgIpc) is 3.14. The van der Waals surface area contributed by atoms with Crippen LogP contribution >= 0.6 is 22.9 Å². The molecule has 0 amide bonds. The molecule has 154 valence electrons. The molecule has 0 saturated carbocycles. The first kappa shape index (κ1) is 24.3. The number of carbonyl (C=O) groups is 1. The summed E-state index contributed by atoms with van der Waals surface area (Å²) in [6.45, 7) is 8.53. The van der Waals surface area contributed by atoms with Crippen LogP contribution < -0.4 is 19.8 Å². The summed E-state index contributed by atoms with van der Waals surface area (Å²) < 4.78 is 6.64. The average molecular weight is 423 g/mol. The molecular formula is C22H31ClN2O2S. The van der Waals surface area contributed by atoms with E-state index in [0.29, 0.717) is 29.3 Å². The fraction of sp³-hybridized carbons (Fsp3) is 0.455. The van der Waals surface area contributed by atoms with Crippen LogP contribution in [0.3, 0.4) is 0 Å². The summed E-state index contributed by atoms with van der Waals surface area (Å²) in [6.07, 6.45) is 8.22. The molecule has 1 N–H and O–H groups in total. The first-order valence-electron chi connectivity index (χ1n) is 9.61. The van der Waals surface area contributed by atoms with Crippen molar-refractivity contribution in [3.63, 3.8) is 0 Å². The molecule has 0 aliphatic carbocycles. The largest absolute Gasteiger partial charge is 0.467 e. The first-order chi connectivity index (χ1) is 13.4. The molecule has 28 heavy (non-hydrogen) atoms. The van der Waals surface area contributed by atoms with Gasteiger partial charge in [-0.25, -0.2) is 4.98 Å². The molecule has 0 spiro atoms. The van der Waals surface area contributed by atoms with Crippen LogP contribution in [0.1, 0.15) is 40.5 Å². The molecule has 0 aromatic carbocycles. The van der Waals surface area contributed by atoms with Gasteiger partial charge in [-0.05, 0) is 55.5 Å². The van der Waals surface area contributed by atoms with Crippen molar-refractivity contribution in [2.24, 2.45) is 5.92 Å². The number of aromatic nitrogens is 1. The van der Waals surface area contributed by atoms with Crippen molar-refractivity contribution in [3.8, 4) is 5.88 Å². The SMILES string of the molecule is CC/C=c1/scc/c1=C/C(C)C(C)NC.CCC(C=O)Oc1ccc(Cl)cn1. The maximum absolute atomic E-state index is 10.4. The Kier molecular flexibility index (Phi) is 11.7. The molecule has 3 unspecified atom stereocenters. The van der Waals surface area contributed by atoms with Gasteiger partial charge in [-0.2, -0.15) is 0 Å². The van der Waals surface area contributed by atoms with Crippen molar-refractivity contribution in [3.05, 3.63) is 44.5 Å². The monoisotopic (exact) mass is 422 g/mol. The fourth-order valence-electron chi connectivity index (χ4n) is 2.30. The van der Waals surface area contributed by atoms with Crippen LogP contribution in [0.25, 0.3) is 12.2 Å². The van der Waals surface area contributed by atoms with E-state index in [9.17, 15) is 4.79 Å². The van der Waals surface area contributed by atoms with Gasteiger partial charge in [0, 0.05) is 22.8 Å². The molecule has 0 bridgehead atoms. The van der Waals surface area contributed by atoms with E-state index >= 15 is 0 Å². The van der Waals surface area contributed by atoms with Crippen LogP contribution in [0.2, 0.25) is 5.02 Å². The Labute approximate surface area is 177 Å². The lowest BCUT2D eigenvalue weighted by Crippen LogP contribution is -2.30. The molecule has 0 radical (unpaired) electrons. The zero-order chi connectivity index (χ0) is 20.9. The lowest BCUT2D eigenvalue weighted by Gasteiger charge is -2.14. The number of hydrogen-bond donors (Lipinski definition) is 1. The van der Waals surface area contributed by atoms with Crippen molar-refractivity contribution >= 4 is 41.4 Å². The van der Waals surface area contributed by atoms with Crippen LogP contribution in [0.5, 0.6) is 5.88 Å². The smallest absolute Gasteiger partial charge is 0.213 e. The first-order valence-corrected chi connectivity index (χ1v) is 10.9. The van der Waals surface area contributed by atoms with Gasteiger partial charge < -0.3 is 10.1 Å². The number of thiophene rings is 1. The molecule has 2 rings (SSSR count). The van der Waals surface area contributed by atoms with Gasteiger partial charge in [-0.15, -0.1) is 11.3 Å². The van der Waals surface area contributed by atoms with Gasteiger partial charge in [0.05, 0.1) is 5.02 Å². The molecular weight excluding hydrogens is 392 g/mol. The van der Waals surface area contributed by atoms with E-state index in [4.69, 9.17) is 16.3 Å². The quantitative estimate of drug-likeness (QED) is 0.652. The summed E-state index contributed by atoms with van der Waals surface area (Å²) in [5.41, 5.74) is 0. The molecule has 0 aliphatic heterocycles. The Morgan fingerprint density at radius 1 is 1.29 bits per heavy atom. The van der Waals surface area contributed by atoms with Crippen LogP contribution in [0.15, 0.2) is 29.8 Å². The predicted molar refractivity (Wildman–Crippen MR) is 120 cm³/mol. The highest BCUT2D eigenvalue weighted by molar-refractivity contribution is 7.07. The summed E-state index contributed by atoms with van der Waals surface area (Å²) >= 11 is 7.46. The number of carbonyl (C=O) groups excluding carboxylic acids is 1. The molecule has 2 heterocycles. The highest BCUT2D eigenvalue weighted by Crippen LogP contribution is 2.13. The van der Waals surface area contributed by atoms with E-state index in [1.54, 1.807) is 12.1 Å². The van der Waals surface area contributed by atoms with E-state index in [-0.39, 0.29) is 0 Å². The standard InChI is InChI=1S/C13H21NS.C9H10ClNO2/c1-5-6-13-12(7-8-15-13)9-10(2)11(3)14-4;1-2-8(6-12)13-9-4-3-7(10)5-11-9/h6-11,14H,5H2,1-4H3;3-6,8H,2H2,1H3/b12-9-,13-6+;. The van der Waals surface area contributed by atoms with Crippen molar-refractivity contribution in [1.29, 1.82) is 0 Å². The number of halogens is 1. The molecule has 0 saturated heterocycles. The van der Waals surface area contributed by atoms with Gasteiger partial charge in [0.1, 0.15) is 0 Å². The zero-order valence-corrected chi connectivity index (χ0v) is 18.9. The second kappa shape index (κ2) is 13.5. The molecule has 2 aromatic rings. The minimum atomic E-state index is -0.423. The number of nitrogens with one attached hydrogen (secondary N) is 1. The summed E-state index contributed by atoms with van der Waals surface area (Å²) in [7, 11) is 2.02. The third kappa shape index (κ3) is 8.55. The maximum atomic E-state index is 10.4. The lowest BCUT2D eigenvalue weighted by atomic mass is 10.0. The lowest BCUT2D eigenvalue weighted by molar-refractivity contribution is -0.113. The zero-order valence-electron chi connectivity index (χ0n) is 17.3. The van der Waals surface area contributed by atoms with Crippen LogP contribution in [-0.4, -0.2) is 30.5 Å². The third-order valence-corrected chi connectivity index (χ3v) is 5.48. The highest BCUT2D eigenvalue weighted by atomic mass is 35.5. The predicted octanol–water partition coefficient (Wildman–Crippen LogP) is 4.05. The summed E-state index contributed by atoms with van der Waals surface area (Å²) in [6, 6.07) is 6.04. The number of nitrogens with zero attached hydrogens (tertiary/aromatic N) is 1. The number of pyridine rings is 1. The number of aldehydes is 1. The normalized spacial score (nSPS) is 15.4. The van der Waals surface area contributed by atoms with Gasteiger partial charge in [0.2, 0.25) is 5.88 Å². The number of ether oxygens (including phenoxy) is 1. The Bertz CT molecular complexity index is 805. The molecule has 2 aromatic heterocycles. The minimum absolute atomic E-state index is 0.420. The van der Waals surface area contributed by atoms with Crippen molar-refractivity contribution in [2.75, 3.05) is 7.05 Å². The molecule has 4 nitrogen and oxygen atoms in total. The van der Waals surface area contributed by atoms with E-state index < -0.39 is 6.10 Å². The summed E-state index contributed by atoms with van der Waals surface area (Å²) in [4.78, 5) is 14.3. The Morgan fingerprint density at radius 2 is 2.04 bits per heavy atom. The summed E-state index contributed by atoms with van der Waals surface area (Å²) in [5.74, 6) is 0.983. The Balaban J connectivity index is 0.000000283. The molecule has 6 heteroatoms. The van der Waals surface area contributed by atoms with E-state index in [1.165, 1.54) is 15.9 Å². The highest BCUT2D eigenvalue weighted by Gasteiger charge is 2.06. The topological polar surface area (TPSA) is 51.2 Å². The second-order valence-electron chi connectivity index (χ2n) is 6.47.